The van der Waals surface area contributed by atoms with Gasteiger partial charge >= 0.3 is 0 Å². The van der Waals surface area contributed by atoms with Gasteiger partial charge in [0.05, 0.1) is 25.0 Å². The third-order valence-corrected chi connectivity index (χ3v) is 5.52. The van der Waals surface area contributed by atoms with Crippen LogP contribution >= 0.6 is 0 Å². The first-order valence-corrected chi connectivity index (χ1v) is 8.61. The molecule has 1 aromatic heterocycles. The van der Waals surface area contributed by atoms with Crippen molar-refractivity contribution in [1.29, 1.82) is 0 Å². The molecule has 0 fully saturated rings. The number of carbonyl (C=O) groups is 1. The van der Waals surface area contributed by atoms with E-state index in [9.17, 15) is 13.2 Å². The van der Waals surface area contributed by atoms with E-state index in [1.807, 2.05) is 0 Å². The number of sulfonamides is 1. The van der Waals surface area contributed by atoms with Crippen LogP contribution in [0.25, 0.3) is 0 Å². The quantitative estimate of drug-likeness (QED) is 0.815. The molecule has 0 aliphatic carbocycles. The van der Waals surface area contributed by atoms with Crippen molar-refractivity contribution in [3.05, 3.63) is 35.7 Å². The third-order valence-electron chi connectivity index (χ3n) is 3.45. The Hall–Kier alpha value is -2.39. The lowest BCUT2D eigenvalue weighted by atomic mass is 10.3. The summed E-state index contributed by atoms with van der Waals surface area (Å²) in [6.45, 7) is 2.90. The molecule has 1 aromatic carbocycles. The van der Waals surface area contributed by atoms with Crippen molar-refractivity contribution >= 4 is 21.6 Å². The molecule has 0 bridgehead atoms. The number of hydrogen-bond acceptors (Lipinski definition) is 5. The van der Waals surface area contributed by atoms with Gasteiger partial charge in [-0.15, -0.1) is 0 Å². The van der Waals surface area contributed by atoms with Gasteiger partial charge in [0, 0.05) is 18.8 Å². The van der Waals surface area contributed by atoms with E-state index in [2.05, 4.69) is 15.5 Å². The van der Waals surface area contributed by atoms with Gasteiger partial charge in [-0.3, -0.25) is 9.89 Å². The summed E-state index contributed by atoms with van der Waals surface area (Å²) in [5.41, 5.74) is 1.33. The van der Waals surface area contributed by atoms with Crippen molar-refractivity contribution in [2.75, 3.05) is 26.0 Å². The van der Waals surface area contributed by atoms with Gasteiger partial charge in [-0.25, -0.2) is 8.42 Å². The Balaban J connectivity index is 2.11. The van der Waals surface area contributed by atoms with Crippen molar-refractivity contribution in [2.24, 2.45) is 0 Å². The summed E-state index contributed by atoms with van der Waals surface area (Å²) in [6, 6.07) is 6.82. The Kier molecular flexibility index (Phi) is 5.25. The molecule has 1 amide bonds. The smallest absolute Gasteiger partial charge is 0.246 e. The molecule has 0 spiro atoms. The number of hydrogen-bond donors (Lipinski definition) is 2. The number of aromatic amines is 1. The van der Waals surface area contributed by atoms with Crippen LogP contribution in [-0.2, 0) is 14.8 Å². The van der Waals surface area contributed by atoms with Crippen molar-refractivity contribution in [3.63, 3.8) is 0 Å². The number of likely N-dealkylation sites (N-methyl/N-ethyl adjacent to an activating group) is 1. The zero-order valence-corrected chi connectivity index (χ0v) is 14.8. The van der Waals surface area contributed by atoms with Crippen molar-refractivity contribution in [2.45, 2.75) is 18.7 Å². The summed E-state index contributed by atoms with van der Waals surface area (Å²) < 4.78 is 31.3. The minimum absolute atomic E-state index is 0.0965. The van der Waals surface area contributed by atoms with Gasteiger partial charge in [-0.05, 0) is 26.0 Å². The molecular weight excluding hydrogens is 332 g/mol. The lowest BCUT2D eigenvalue weighted by Gasteiger charge is -2.17. The maximum Gasteiger partial charge on any atom is 0.246 e. The highest BCUT2D eigenvalue weighted by molar-refractivity contribution is 7.89. The molecule has 0 saturated heterocycles. The van der Waals surface area contributed by atoms with Gasteiger partial charge < -0.3 is 10.1 Å². The molecular formula is C15H20N4O4S. The molecule has 0 aliphatic heterocycles. The highest BCUT2D eigenvalue weighted by Crippen LogP contribution is 2.21. The first kappa shape index (κ1) is 18.0. The molecule has 0 atom stereocenters. The van der Waals surface area contributed by atoms with Crippen LogP contribution in [0.1, 0.15) is 11.4 Å². The summed E-state index contributed by atoms with van der Waals surface area (Å²) in [6.07, 6.45) is 0. The fourth-order valence-corrected chi connectivity index (χ4v) is 3.72. The SMILES string of the molecule is COc1cccc(NC(=O)CN(C)S(=O)(=O)c2c(C)n[nH]c2C)c1. The molecule has 8 nitrogen and oxygen atoms in total. The van der Waals surface area contributed by atoms with Crippen LogP contribution in [0.3, 0.4) is 0 Å². The summed E-state index contributed by atoms with van der Waals surface area (Å²) in [4.78, 5) is 12.2. The van der Waals surface area contributed by atoms with Crippen LogP contribution in [0.5, 0.6) is 5.75 Å². The monoisotopic (exact) mass is 352 g/mol. The number of nitrogens with one attached hydrogen (secondary N) is 2. The third kappa shape index (κ3) is 3.74. The minimum atomic E-state index is -3.80. The van der Waals surface area contributed by atoms with Gasteiger partial charge in [-0.1, -0.05) is 6.07 Å². The van der Waals surface area contributed by atoms with Gasteiger partial charge in [-0.2, -0.15) is 9.40 Å². The van der Waals surface area contributed by atoms with Gasteiger partial charge in [0.1, 0.15) is 10.6 Å². The number of aromatic nitrogens is 2. The number of anilines is 1. The Bertz CT molecular complexity index is 825. The Morgan fingerprint density at radius 2 is 2.08 bits per heavy atom. The number of amides is 1. The Labute approximate surface area is 140 Å². The molecule has 0 aliphatic rings. The van der Waals surface area contributed by atoms with E-state index >= 15 is 0 Å². The fraction of sp³-hybridized carbons (Fsp3) is 0.333. The van der Waals surface area contributed by atoms with Gasteiger partial charge in [0.25, 0.3) is 0 Å². The molecule has 2 N–H and O–H groups in total. The second-order valence-electron chi connectivity index (χ2n) is 5.30. The molecule has 0 unspecified atom stereocenters. The molecule has 0 saturated carbocycles. The zero-order valence-electron chi connectivity index (χ0n) is 14.0. The summed E-state index contributed by atoms with van der Waals surface area (Å²) in [5.74, 6) is 0.145. The second-order valence-corrected chi connectivity index (χ2v) is 7.29. The normalized spacial score (nSPS) is 11.5. The lowest BCUT2D eigenvalue weighted by molar-refractivity contribution is -0.116. The largest absolute Gasteiger partial charge is 0.497 e. The predicted octanol–water partition coefficient (Wildman–Crippen LogP) is 1.29. The summed E-state index contributed by atoms with van der Waals surface area (Å²) >= 11 is 0. The molecule has 9 heteroatoms. The van der Waals surface area contributed by atoms with Crippen LogP contribution in [0.4, 0.5) is 5.69 Å². The topological polar surface area (TPSA) is 104 Å². The minimum Gasteiger partial charge on any atom is -0.497 e. The average molecular weight is 352 g/mol. The van der Waals surface area contributed by atoms with Crippen LogP contribution < -0.4 is 10.1 Å². The maximum absolute atomic E-state index is 12.6. The van der Waals surface area contributed by atoms with E-state index in [1.54, 1.807) is 38.1 Å². The highest BCUT2D eigenvalue weighted by Gasteiger charge is 2.28. The number of rotatable bonds is 6. The Morgan fingerprint density at radius 3 is 2.67 bits per heavy atom. The van der Waals surface area contributed by atoms with Crippen LogP contribution in [0.15, 0.2) is 29.2 Å². The molecule has 2 aromatic rings. The lowest BCUT2D eigenvalue weighted by Crippen LogP contribution is -2.35. The molecule has 24 heavy (non-hydrogen) atoms. The second kappa shape index (κ2) is 7.02. The maximum atomic E-state index is 12.6. The van der Waals surface area contributed by atoms with E-state index in [0.29, 0.717) is 22.8 Å². The van der Waals surface area contributed by atoms with E-state index in [1.165, 1.54) is 14.2 Å². The summed E-state index contributed by atoms with van der Waals surface area (Å²) in [5, 5.41) is 9.16. The van der Waals surface area contributed by atoms with Gasteiger partial charge in [0.15, 0.2) is 0 Å². The number of H-pyrrole nitrogens is 1. The molecule has 2 rings (SSSR count). The fourth-order valence-electron chi connectivity index (χ4n) is 2.27. The van der Waals surface area contributed by atoms with Crippen LogP contribution in [0.2, 0.25) is 0 Å². The van der Waals surface area contributed by atoms with Crippen molar-refractivity contribution in [3.8, 4) is 5.75 Å². The highest BCUT2D eigenvalue weighted by atomic mass is 32.2. The van der Waals surface area contributed by atoms with E-state index in [-0.39, 0.29) is 11.4 Å². The number of aryl methyl sites for hydroxylation is 2. The molecule has 130 valence electrons. The first-order chi connectivity index (χ1) is 11.3. The summed E-state index contributed by atoms with van der Waals surface area (Å²) in [7, 11) is -0.925. The first-order valence-electron chi connectivity index (χ1n) is 7.17. The molecule has 0 radical (unpaired) electrons. The van der Waals surface area contributed by atoms with Crippen molar-refractivity contribution in [1.82, 2.24) is 14.5 Å². The Morgan fingerprint density at radius 1 is 1.38 bits per heavy atom. The number of carbonyl (C=O) groups excluding carboxylic acids is 1. The average Bonchev–Trinajstić information content (AvgIpc) is 2.86. The van der Waals surface area contributed by atoms with Crippen LogP contribution in [0, 0.1) is 13.8 Å². The zero-order chi connectivity index (χ0) is 17.9. The predicted molar refractivity (Wildman–Crippen MR) is 89.5 cm³/mol. The van der Waals surface area contributed by atoms with E-state index in [4.69, 9.17) is 4.74 Å². The van der Waals surface area contributed by atoms with Crippen LogP contribution in [-0.4, -0.2) is 49.5 Å². The molecule has 1 heterocycles. The number of nitrogens with zero attached hydrogens (tertiary/aromatic N) is 2. The van der Waals surface area contributed by atoms with E-state index in [0.717, 1.165) is 4.31 Å². The number of methoxy groups -OCH3 is 1. The number of ether oxygens (including phenoxy) is 1. The standard InChI is InChI=1S/C15H20N4O4S/c1-10-15(11(2)18-17-10)24(21,22)19(3)9-14(20)16-12-6-5-7-13(8-12)23-4/h5-8H,9H2,1-4H3,(H,16,20)(H,17,18). The van der Waals surface area contributed by atoms with Gasteiger partial charge in [0.2, 0.25) is 15.9 Å². The number of benzene rings is 1. The van der Waals surface area contributed by atoms with Crippen molar-refractivity contribution < 1.29 is 17.9 Å². The van der Waals surface area contributed by atoms with E-state index < -0.39 is 15.9 Å².